The SMILES string of the molecule is COc1ccc2c(c1)N(C)S(=O)c1cc(OC)ccc1-2. The summed E-state index contributed by atoms with van der Waals surface area (Å²) in [5.41, 5.74) is 2.92. The minimum absolute atomic E-state index is 0.711. The molecule has 1 unspecified atom stereocenters. The number of hydrogen-bond acceptors (Lipinski definition) is 3. The Balaban J connectivity index is 2.25. The van der Waals surface area contributed by atoms with Gasteiger partial charge in [0.2, 0.25) is 0 Å². The van der Waals surface area contributed by atoms with Crippen LogP contribution in [0.3, 0.4) is 0 Å². The van der Waals surface area contributed by atoms with Crippen molar-refractivity contribution in [1.82, 2.24) is 0 Å². The van der Waals surface area contributed by atoms with Gasteiger partial charge in [-0.3, -0.25) is 4.31 Å². The zero-order chi connectivity index (χ0) is 14.3. The van der Waals surface area contributed by atoms with Crippen molar-refractivity contribution in [2.24, 2.45) is 0 Å². The van der Waals surface area contributed by atoms with Crippen molar-refractivity contribution in [3.8, 4) is 22.6 Å². The summed E-state index contributed by atoms with van der Waals surface area (Å²) in [6.45, 7) is 0. The van der Waals surface area contributed by atoms with Gasteiger partial charge in [0.1, 0.15) is 11.5 Å². The van der Waals surface area contributed by atoms with E-state index >= 15 is 0 Å². The number of fused-ring (bicyclic) bond motifs is 3. The van der Waals surface area contributed by atoms with Gasteiger partial charge in [-0.15, -0.1) is 0 Å². The van der Waals surface area contributed by atoms with Crippen molar-refractivity contribution >= 4 is 16.7 Å². The molecule has 0 saturated carbocycles. The topological polar surface area (TPSA) is 38.8 Å². The average molecular weight is 289 g/mol. The highest BCUT2D eigenvalue weighted by Gasteiger charge is 2.26. The minimum Gasteiger partial charge on any atom is -0.497 e. The molecule has 0 aliphatic carbocycles. The molecule has 104 valence electrons. The maximum atomic E-state index is 12.6. The molecular formula is C15H15NO3S. The first-order valence-electron chi connectivity index (χ1n) is 6.17. The number of anilines is 1. The van der Waals surface area contributed by atoms with E-state index in [0.29, 0.717) is 5.75 Å². The Bertz CT molecular complexity index is 700. The van der Waals surface area contributed by atoms with Gasteiger partial charge in [-0.25, -0.2) is 4.21 Å². The van der Waals surface area contributed by atoms with Gasteiger partial charge in [0.05, 0.1) is 24.8 Å². The van der Waals surface area contributed by atoms with Gasteiger partial charge in [-0.05, 0) is 30.3 Å². The summed E-state index contributed by atoms with van der Waals surface area (Å²) in [6.07, 6.45) is 0. The Labute approximate surface area is 120 Å². The lowest BCUT2D eigenvalue weighted by Gasteiger charge is -2.28. The van der Waals surface area contributed by atoms with Crippen molar-refractivity contribution in [1.29, 1.82) is 0 Å². The standard InChI is InChI=1S/C15H15NO3S/c1-16-14-8-10(18-2)4-6-12(14)13-7-5-11(19-3)9-15(13)20(16)17/h4-9H,1-3H3. The zero-order valence-corrected chi connectivity index (χ0v) is 12.4. The Hall–Kier alpha value is -2.01. The molecule has 0 radical (unpaired) electrons. The first kappa shape index (κ1) is 13.0. The monoisotopic (exact) mass is 289 g/mol. The predicted octanol–water partition coefficient (Wildman–Crippen LogP) is 2.84. The van der Waals surface area contributed by atoms with Crippen molar-refractivity contribution in [3.63, 3.8) is 0 Å². The Kier molecular flexibility index (Phi) is 3.14. The van der Waals surface area contributed by atoms with Gasteiger partial charge in [-0.1, -0.05) is 0 Å². The van der Waals surface area contributed by atoms with E-state index in [4.69, 9.17) is 9.47 Å². The van der Waals surface area contributed by atoms with E-state index < -0.39 is 11.0 Å². The van der Waals surface area contributed by atoms with Gasteiger partial charge < -0.3 is 9.47 Å². The van der Waals surface area contributed by atoms with E-state index in [1.165, 1.54) is 0 Å². The summed E-state index contributed by atoms with van der Waals surface area (Å²) in [5, 5.41) is 0. The second-order valence-electron chi connectivity index (χ2n) is 4.49. The van der Waals surface area contributed by atoms with E-state index in [0.717, 1.165) is 27.5 Å². The summed E-state index contributed by atoms with van der Waals surface area (Å²) in [4.78, 5) is 0.768. The van der Waals surface area contributed by atoms with Crippen LogP contribution in [0.25, 0.3) is 11.1 Å². The molecule has 2 aromatic rings. The third kappa shape index (κ3) is 1.86. The number of rotatable bonds is 2. The lowest BCUT2D eigenvalue weighted by molar-refractivity contribution is 0.413. The number of ether oxygens (including phenoxy) is 2. The van der Waals surface area contributed by atoms with Crippen LogP contribution in [0.4, 0.5) is 5.69 Å². The van der Waals surface area contributed by atoms with Crippen molar-refractivity contribution in [3.05, 3.63) is 36.4 Å². The number of benzene rings is 2. The minimum atomic E-state index is -1.25. The molecule has 0 amide bonds. The third-order valence-corrected chi connectivity index (χ3v) is 4.87. The maximum Gasteiger partial charge on any atom is 0.153 e. The van der Waals surface area contributed by atoms with Crippen molar-refractivity contribution in [2.75, 3.05) is 25.6 Å². The Morgan fingerprint density at radius 1 is 0.950 bits per heavy atom. The smallest absolute Gasteiger partial charge is 0.153 e. The first-order chi connectivity index (χ1) is 9.65. The summed E-state index contributed by atoms with van der Waals surface area (Å²) in [5.74, 6) is 1.46. The van der Waals surface area contributed by atoms with Crippen LogP contribution in [0.1, 0.15) is 0 Å². The lowest BCUT2D eigenvalue weighted by atomic mass is 10.0. The molecule has 0 fully saturated rings. The fourth-order valence-corrected chi connectivity index (χ4v) is 3.57. The summed E-state index contributed by atoms with van der Waals surface area (Å²) >= 11 is 0. The van der Waals surface area contributed by atoms with Crippen LogP contribution in [0.15, 0.2) is 41.3 Å². The molecule has 0 N–H and O–H groups in total. The summed E-state index contributed by atoms with van der Waals surface area (Å²) in [7, 11) is 3.80. The first-order valence-corrected chi connectivity index (χ1v) is 7.28. The molecule has 3 rings (SSSR count). The zero-order valence-electron chi connectivity index (χ0n) is 11.5. The molecule has 0 bridgehead atoms. The molecule has 1 heterocycles. The lowest BCUT2D eigenvalue weighted by Crippen LogP contribution is -2.25. The maximum absolute atomic E-state index is 12.6. The fourth-order valence-electron chi connectivity index (χ4n) is 2.36. The molecular weight excluding hydrogens is 274 g/mol. The second kappa shape index (κ2) is 4.83. The van der Waals surface area contributed by atoms with Crippen LogP contribution in [0, 0.1) is 0 Å². The highest BCUT2D eigenvalue weighted by molar-refractivity contribution is 7.86. The van der Waals surface area contributed by atoms with Crippen LogP contribution >= 0.6 is 0 Å². The Morgan fingerprint density at radius 3 is 2.20 bits per heavy atom. The fraction of sp³-hybridized carbons (Fsp3) is 0.200. The molecule has 1 atom stereocenters. The van der Waals surface area contributed by atoms with Crippen LogP contribution < -0.4 is 13.8 Å². The molecule has 1 aliphatic rings. The highest BCUT2D eigenvalue weighted by Crippen LogP contribution is 2.43. The van der Waals surface area contributed by atoms with E-state index in [2.05, 4.69) is 0 Å². The average Bonchev–Trinajstić information content (AvgIpc) is 2.51. The number of nitrogens with zero attached hydrogens (tertiary/aromatic N) is 1. The molecule has 1 aliphatic heterocycles. The summed E-state index contributed by atoms with van der Waals surface area (Å²) in [6, 6.07) is 11.5. The van der Waals surface area contributed by atoms with Gasteiger partial charge in [0.25, 0.3) is 0 Å². The molecule has 0 spiro atoms. The number of methoxy groups -OCH3 is 2. The molecule has 0 saturated heterocycles. The molecule has 20 heavy (non-hydrogen) atoms. The Morgan fingerprint density at radius 2 is 1.55 bits per heavy atom. The van der Waals surface area contributed by atoms with Crippen LogP contribution in [-0.2, 0) is 11.0 Å². The number of hydrogen-bond donors (Lipinski definition) is 0. The molecule has 2 aromatic carbocycles. The van der Waals surface area contributed by atoms with Gasteiger partial charge >= 0.3 is 0 Å². The van der Waals surface area contributed by atoms with Crippen LogP contribution in [0.2, 0.25) is 0 Å². The van der Waals surface area contributed by atoms with Gasteiger partial charge in [0, 0.05) is 24.2 Å². The summed E-state index contributed by atoms with van der Waals surface area (Å²) < 4.78 is 24.8. The van der Waals surface area contributed by atoms with E-state index in [-0.39, 0.29) is 0 Å². The van der Waals surface area contributed by atoms with Crippen molar-refractivity contribution < 1.29 is 13.7 Å². The molecule has 4 nitrogen and oxygen atoms in total. The van der Waals surface area contributed by atoms with Crippen molar-refractivity contribution in [2.45, 2.75) is 4.90 Å². The normalized spacial score (nSPS) is 16.4. The highest BCUT2D eigenvalue weighted by atomic mass is 32.2. The quantitative estimate of drug-likeness (QED) is 0.853. The van der Waals surface area contributed by atoms with Crippen LogP contribution in [-0.4, -0.2) is 25.5 Å². The van der Waals surface area contributed by atoms with Crippen LogP contribution in [0.5, 0.6) is 11.5 Å². The largest absolute Gasteiger partial charge is 0.497 e. The predicted molar refractivity (Wildman–Crippen MR) is 79.8 cm³/mol. The molecule has 0 aromatic heterocycles. The molecule has 5 heteroatoms. The van der Waals surface area contributed by atoms with Gasteiger partial charge in [-0.2, -0.15) is 0 Å². The van der Waals surface area contributed by atoms with E-state index in [1.807, 2.05) is 43.4 Å². The third-order valence-electron chi connectivity index (χ3n) is 3.46. The van der Waals surface area contributed by atoms with Gasteiger partial charge in [0.15, 0.2) is 11.0 Å². The second-order valence-corrected chi connectivity index (χ2v) is 5.98. The van der Waals surface area contributed by atoms with E-state index in [1.54, 1.807) is 18.5 Å². The van der Waals surface area contributed by atoms with E-state index in [9.17, 15) is 4.21 Å².